The first kappa shape index (κ1) is 16.9. The maximum atomic E-state index is 13.6. The number of aliphatic hydroxyl groups is 1. The van der Waals surface area contributed by atoms with Gasteiger partial charge >= 0.3 is 6.18 Å². The summed E-state index contributed by atoms with van der Waals surface area (Å²) in [5.41, 5.74) is 4.40. The van der Waals surface area contributed by atoms with E-state index in [1.54, 1.807) is 0 Å². The highest BCUT2D eigenvalue weighted by Crippen LogP contribution is 2.32. The second-order valence-corrected chi connectivity index (χ2v) is 5.30. The van der Waals surface area contributed by atoms with E-state index in [0.717, 1.165) is 6.07 Å². The van der Waals surface area contributed by atoms with E-state index in [2.05, 4.69) is 0 Å². The van der Waals surface area contributed by atoms with Gasteiger partial charge < -0.3 is 10.8 Å². The van der Waals surface area contributed by atoms with Crippen molar-refractivity contribution in [1.82, 2.24) is 0 Å². The van der Waals surface area contributed by atoms with Crippen LogP contribution in [0.25, 0.3) is 0 Å². The molecule has 2 nitrogen and oxygen atoms in total. The first-order chi connectivity index (χ1) is 9.12. The normalized spacial score (nSPS) is 15.4. The number of benzene rings is 1. The molecule has 6 heteroatoms. The van der Waals surface area contributed by atoms with E-state index in [-0.39, 0.29) is 5.56 Å². The fourth-order valence-corrected chi connectivity index (χ4v) is 1.87. The van der Waals surface area contributed by atoms with Crippen molar-refractivity contribution in [3.63, 3.8) is 0 Å². The van der Waals surface area contributed by atoms with E-state index in [0.29, 0.717) is 30.9 Å². The van der Waals surface area contributed by atoms with Gasteiger partial charge in [0.25, 0.3) is 0 Å². The number of aliphatic hydroxyl groups excluding tert-OH is 1. The molecule has 1 aromatic rings. The fraction of sp³-hybridized carbons (Fsp3) is 0.571. The molecule has 114 valence electrons. The van der Waals surface area contributed by atoms with Crippen molar-refractivity contribution in [2.45, 2.75) is 45.0 Å². The number of rotatable bonds is 5. The molecule has 0 aromatic heterocycles. The van der Waals surface area contributed by atoms with Crippen LogP contribution in [-0.2, 0) is 6.18 Å². The van der Waals surface area contributed by atoms with Crippen LogP contribution in [0.5, 0.6) is 0 Å². The van der Waals surface area contributed by atoms with E-state index >= 15 is 0 Å². The van der Waals surface area contributed by atoms with Crippen LogP contribution in [0.3, 0.4) is 0 Å². The average Bonchev–Trinajstić information content (AvgIpc) is 2.34. The third-order valence-electron chi connectivity index (χ3n) is 3.14. The highest BCUT2D eigenvalue weighted by Gasteiger charge is 2.32. The molecule has 0 saturated heterocycles. The van der Waals surface area contributed by atoms with Gasteiger partial charge in [0.1, 0.15) is 5.82 Å². The monoisotopic (exact) mass is 293 g/mol. The minimum absolute atomic E-state index is 0.309. The molecule has 0 heterocycles. The minimum Gasteiger partial charge on any atom is -0.391 e. The molecule has 0 aliphatic heterocycles. The molecular weight excluding hydrogens is 274 g/mol. The predicted molar refractivity (Wildman–Crippen MR) is 68.4 cm³/mol. The average molecular weight is 293 g/mol. The molecule has 3 N–H and O–H groups in total. The van der Waals surface area contributed by atoms with E-state index in [4.69, 9.17) is 5.73 Å². The van der Waals surface area contributed by atoms with Crippen LogP contribution in [0.1, 0.15) is 43.9 Å². The van der Waals surface area contributed by atoms with E-state index in [1.165, 1.54) is 0 Å². The second kappa shape index (κ2) is 6.54. The number of nitrogens with two attached hydrogens (primary N) is 1. The maximum absolute atomic E-state index is 13.6. The third-order valence-corrected chi connectivity index (χ3v) is 3.14. The SMILES string of the molecule is CC(C)CC[C@H](O)[C@H](N)c1cc(C(F)(F)F)ccc1F. The zero-order valence-corrected chi connectivity index (χ0v) is 11.4. The van der Waals surface area contributed by atoms with Crippen LogP contribution in [-0.4, -0.2) is 11.2 Å². The van der Waals surface area contributed by atoms with E-state index in [9.17, 15) is 22.7 Å². The molecule has 20 heavy (non-hydrogen) atoms. The summed E-state index contributed by atoms with van der Waals surface area (Å²) in [6.45, 7) is 3.90. The summed E-state index contributed by atoms with van der Waals surface area (Å²) >= 11 is 0. The molecule has 0 bridgehead atoms. The Kier molecular flexibility index (Phi) is 5.53. The third kappa shape index (κ3) is 4.45. The Balaban J connectivity index is 2.94. The standard InChI is InChI=1S/C14H19F4NO/c1-8(2)3-6-12(20)13(19)10-7-9(14(16,17)18)4-5-11(10)15/h4-5,7-8,12-13,20H,3,6,19H2,1-2H3/t12-,13+/m0/s1. The maximum Gasteiger partial charge on any atom is 0.416 e. The summed E-state index contributed by atoms with van der Waals surface area (Å²) in [6.07, 6.45) is -4.66. The van der Waals surface area contributed by atoms with Gasteiger partial charge in [-0.2, -0.15) is 13.2 Å². The van der Waals surface area contributed by atoms with Crippen LogP contribution in [0.4, 0.5) is 17.6 Å². The largest absolute Gasteiger partial charge is 0.416 e. The molecule has 0 aliphatic rings. The van der Waals surface area contributed by atoms with Crippen LogP contribution in [0, 0.1) is 11.7 Å². The topological polar surface area (TPSA) is 46.2 Å². The number of hydrogen-bond donors (Lipinski definition) is 2. The number of halogens is 4. The number of hydrogen-bond acceptors (Lipinski definition) is 2. The van der Waals surface area contributed by atoms with Crippen molar-refractivity contribution < 1.29 is 22.7 Å². The summed E-state index contributed by atoms with van der Waals surface area (Å²) in [5, 5.41) is 9.87. The van der Waals surface area contributed by atoms with Crippen molar-refractivity contribution in [2.75, 3.05) is 0 Å². The predicted octanol–water partition coefficient (Wildman–Crippen LogP) is 3.64. The van der Waals surface area contributed by atoms with Gasteiger partial charge in [0.2, 0.25) is 0 Å². The van der Waals surface area contributed by atoms with Gasteiger partial charge in [0.05, 0.1) is 17.7 Å². The van der Waals surface area contributed by atoms with Gasteiger partial charge in [-0.25, -0.2) is 4.39 Å². The molecule has 0 aliphatic carbocycles. The van der Waals surface area contributed by atoms with Crippen molar-refractivity contribution in [1.29, 1.82) is 0 Å². The molecule has 1 aromatic carbocycles. The summed E-state index contributed by atoms with van der Waals surface area (Å²) in [5.74, 6) is -0.516. The minimum atomic E-state index is -4.56. The Hall–Kier alpha value is -1.14. The zero-order valence-electron chi connectivity index (χ0n) is 11.4. The Labute approximate surface area is 115 Å². The lowest BCUT2D eigenvalue weighted by Crippen LogP contribution is -2.28. The molecule has 0 fully saturated rings. The molecule has 0 amide bonds. The van der Waals surface area contributed by atoms with Gasteiger partial charge in [0.15, 0.2) is 0 Å². The first-order valence-electron chi connectivity index (χ1n) is 6.43. The Bertz CT molecular complexity index is 445. The van der Waals surface area contributed by atoms with Gasteiger partial charge in [-0.3, -0.25) is 0 Å². The number of alkyl halides is 3. The molecule has 0 radical (unpaired) electrons. The Morgan fingerprint density at radius 3 is 2.30 bits per heavy atom. The molecule has 1 rings (SSSR count). The Morgan fingerprint density at radius 2 is 1.80 bits per heavy atom. The van der Waals surface area contributed by atoms with Crippen LogP contribution < -0.4 is 5.73 Å². The first-order valence-corrected chi connectivity index (χ1v) is 6.43. The van der Waals surface area contributed by atoms with Gasteiger partial charge in [-0.1, -0.05) is 13.8 Å². The Morgan fingerprint density at radius 1 is 1.20 bits per heavy atom. The highest BCUT2D eigenvalue weighted by atomic mass is 19.4. The van der Waals surface area contributed by atoms with Gasteiger partial charge in [-0.15, -0.1) is 0 Å². The second-order valence-electron chi connectivity index (χ2n) is 5.30. The van der Waals surface area contributed by atoms with Crippen LogP contribution in [0.15, 0.2) is 18.2 Å². The quantitative estimate of drug-likeness (QED) is 0.814. The molecule has 0 spiro atoms. The summed E-state index contributed by atoms with van der Waals surface area (Å²) < 4.78 is 51.4. The molecule has 0 saturated carbocycles. The van der Waals surface area contributed by atoms with E-state index < -0.39 is 29.7 Å². The zero-order chi connectivity index (χ0) is 15.5. The summed E-state index contributed by atoms with van der Waals surface area (Å²) in [7, 11) is 0. The van der Waals surface area contributed by atoms with Gasteiger partial charge in [0, 0.05) is 5.56 Å². The summed E-state index contributed by atoms with van der Waals surface area (Å²) in [4.78, 5) is 0. The lowest BCUT2D eigenvalue weighted by molar-refractivity contribution is -0.137. The lowest BCUT2D eigenvalue weighted by Gasteiger charge is -2.21. The van der Waals surface area contributed by atoms with Crippen molar-refractivity contribution >= 4 is 0 Å². The van der Waals surface area contributed by atoms with E-state index in [1.807, 2.05) is 13.8 Å². The van der Waals surface area contributed by atoms with Crippen LogP contribution in [0.2, 0.25) is 0 Å². The smallest absolute Gasteiger partial charge is 0.391 e. The lowest BCUT2D eigenvalue weighted by atomic mass is 9.94. The molecule has 2 atom stereocenters. The van der Waals surface area contributed by atoms with Crippen molar-refractivity contribution in [3.8, 4) is 0 Å². The molecule has 0 unspecified atom stereocenters. The van der Waals surface area contributed by atoms with Crippen molar-refractivity contribution in [3.05, 3.63) is 35.1 Å². The summed E-state index contributed by atoms with van der Waals surface area (Å²) in [6, 6.07) is 0.883. The van der Waals surface area contributed by atoms with Gasteiger partial charge in [-0.05, 0) is 37.0 Å². The van der Waals surface area contributed by atoms with Crippen molar-refractivity contribution in [2.24, 2.45) is 11.7 Å². The van der Waals surface area contributed by atoms with Crippen LogP contribution >= 0.6 is 0 Å². The molecular formula is C14H19F4NO. The fourth-order valence-electron chi connectivity index (χ4n) is 1.87. The highest BCUT2D eigenvalue weighted by molar-refractivity contribution is 5.30.